The van der Waals surface area contributed by atoms with Crippen molar-refractivity contribution in [3.63, 3.8) is 0 Å². The second-order valence-electron chi connectivity index (χ2n) is 8.54. The fourth-order valence-corrected chi connectivity index (χ4v) is 3.91. The van der Waals surface area contributed by atoms with Crippen molar-refractivity contribution in [1.29, 1.82) is 0 Å². The van der Waals surface area contributed by atoms with Gasteiger partial charge in [0, 0.05) is 67.2 Å². The summed E-state index contributed by atoms with van der Waals surface area (Å²) in [5.74, 6) is -1.64. The molecule has 0 unspecified atom stereocenters. The molecule has 198 valence electrons. The number of rotatable bonds is 8. The van der Waals surface area contributed by atoms with Crippen LogP contribution < -0.4 is 4.74 Å². The normalized spacial score (nSPS) is 25.1. The molecule has 0 spiro atoms. The average Bonchev–Trinajstić information content (AvgIpc) is 3.61. The summed E-state index contributed by atoms with van der Waals surface area (Å²) >= 11 is 0. The molecule has 0 bridgehead atoms. The lowest BCUT2D eigenvalue weighted by molar-refractivity contribution is -0.0746. The summed E-state index contributed by atoms with van der Waals surface area (Å²) in [6.45, 7) is -12.6. The van der Waals surface area contributed by atoms with Crippen LogP contribution in [0, 0.1) is 5.82 Å². The van der Waals surface area contributed by atoms with Gasteiger partial charge < -0.3 is 23.6 Å². The molecule has 0 radical (unpaired) electrons. The van der Waals surface area contributed by atoms with Gasteiger partial charge in [-0.3, -0.25) is 14.8 Å². The Balaban J connectivity index is 1.26. The van der Waals surface area contributed by atoms with Gasteiger partial charge in [-0.25, -0.2) is 4.39 Å². The van der Waals surface area contributed by atoms with Gasteiger partial charge in [0.25, 0.3) is 5.91 Å². The van der Waals surface area contributed by atoms with Crippen molar-refractivity contribution in [1.82, 2.24) is 25.2 Å². The molecule has 0 saturated carbocycles. The molecule has 38 heavy (non-hydrogen) atoms. The van der Waals surface area contributed by atoms with Gasteiger partial charge in [-0.1, -0.05) is 17.3 Å². The number of carbonyl (C=O) groups is 1. The van der Waals surface area contributed by atoms with Crippen molar-refractivity contribution in [2.75, 3.05) is 59.5 Å². The molecule has 1 N–H and O–H groups in total. The molecule has 2 saturated heterocycles. The van der Waals surface area contributed by atoms with Crippen molar-refractivity contribution in [3.05, 3.63) is 53.8 Å². The summed E-state index contributed by atoms with van der Waals surface area (Å²) in [6.07, 6.45) is 0. The zero-order valence-corrected chi connectivity index (χ0v) is 20.2. The van der Waals surface area contributed by atoms with Crippen LogP contribution in [-0.4, -0.2) is 96.6 Å². The van der Waals surface area contributed by atoms with Gasteiger partial charge in [-0.2, -0.15) is 5.10 Å². The van der Waals surface area contributed by atoms with E-state index in [0.29, 0.717) is 27.1 Å². The monoisotopic (exact) mass is 529 g/mol. The first-order valence-electron chi connectivity index (χ1n) is 15.7. The molecule has 2 fully saturated rings. The molecule has 0 atom stereocenters. The minimum Gasteiger partial charge on any atom is -0.488 e. The van der Waals surface area contributed by atoms with E-state index in [1.807, 2.05) is 0 Å². The fraction of sp³-hybridized carbons (Fsp3) is 0.370. The van der Waals surface area contributed by atoms with E-state index in [2.05, 4.69) is 15.4 Å². The molecular weight excluding hydrogens is 493 g/mol. The zero-order valence-electron chi connectivity index (χ0n) is 28.2. The first kappa shape index (κ1) is 16.9. The minimum absolute atomic E-state index is 0.00487. The summed E-state index contributed by atoms with van der Waals surface area (Å²) in [6, 6.07) is 8.74. The van der Waals surface area contributed by atoms with Gasteiger partial charge in [0.1, 0.15) is 18.0 Å². The minimum atomic E-state index is -3.28. The Kier molecular flexibility index (Phi) is 4.68. The number of amides is 1. The van der Waals surface area contributed by atoms with Crippen molar-refractivity contribution in [3.8, 4) is 28.5 Å². The first-order valence-corrected chi connectivity index (χ1v) is 11.7. The molecule has 2 aliphatic rings. The molecule has 6 rings (SSSR count). The number of piperazine rings is 1. The SMILES string of the molecule is [2H]C1([2H])N(C(=O)c2ccc(-c3cc(-c4n[nH]c5cc(OCCOC)c(F)cc45)on3)cc2)C([2H])([2H])C([2H])([2H])N(C2COC2)C1([2H])[2H]. The molecule has 4 heterocycles. The van der Waals surface area contributed by atoms with Crippen LogP contribution in [0.4, 0.5) is 4.39 Å². The van der Waals surface area contributed by atoms with E-state index >= 15 is 0 Å². The van der Waals surface area contributed by atoms with Gasteiger partial charge in [0.05, 0.1) is 36.9 Å². The van der Waals surface area contributed by atoms with E-state index in [-0.39, 0.29) is 54.1 Å². The van der Waals surface area contributed by atoms with Gasteiger partial charge in [0.2, 0.25) is 0 Å². The van der Waals surface area contributed by atoms with Crippen LogP contribution in [0.5, 0.6) is 5.75 Å². The lowest BCUT2D eigenvalue weighted by atomic mass is 10.1. The number of aromatic amines is 1. The Labute approximate surface area is 229 Å². The van der Waals surface area contributed by atoms with Crippen molar-refractivity contribution < 1.29 is 38.9 Å². The molecule has 1 amide bonds. The first-order chi connectivity index (χ1) is 21.6. The lowest BCUT2D eigenvalue weighted by Gasteiger charge is -2.42. The highest BCUT2D eigenvalue weighted by atomic mass is 19.1. The van der Waals surface area contributed by atoms with Gasteiger partial charge in [-0.05, 0) is 18.2 Å². The van der Waals surface area contributed by atoms with E-state index in [1.54, 1.807) is 0 Å². The summed E-state index contributed by atoms with van der Waals surface area (Å²) in [7, 11) is 1.50. The van der Waals surface area contributed by atoms with Crippen molar-refractivity contribution in [2.24, 2.45) is 0 Å². The third-order valence-corrected chi connectivity index (χ3v) is 6.08. The van der Waals surface area contributed by atoms with Crippen LogP contribution in [0.15, 0.2) is 47.0 Å². The zero-order chi connectivity index (χ0) is 33.2. The van der Waals surface area contributed by atoms with Crippen LogP contribution in [0.2, 0.25) is 0 Å². The van der Waals surface area contributed by atoms with Gasteiger partial charge in [0.15, 0.2) is 17.3 Å². The van der Waals surface area contributed by atoms with E-state index in [9.17, 15) is 9.18 Å². The quantitative estimate of drug-likeness (QED) is 0.347. The van der Waals surface area contributed by atoms with Crippen LogP contribution in [-0.2, 0) is 9.47 Å². The molecule has 10 nitrogen and oxygen atoms in total. The third kappa shape index (κ3) is 4.75. The Morgan fingerprint density at radius 3 is 2.66 bits per heavy atom. The number of hydrogen-bond acceptors (Lipinski definition) is 8. The Bertz CT molecular complexity index is 1750. The maximum Gasteiger partial charge on any atom is 0.253 e. The Hall–Kier alpha value is -3.80. The number of hydrogen-bond donors (Lipinski definition) is 1. The van der Waals surface area contributed by atoms with Crippen LogP contribution in [0.25, 0.3) is 33.6 Å². The van der Waals surface area contributed by atoms with Crippen molar-refractivity contribution >= 4 is 16.8 Å². The third-order valence-electron chi connectivity index (χ3n) is 6.08. The topological polar surface area (TPSA) is 106 Å². The summed E-state index contributed by atoms with van der Waals surface area (Å²) in [5, 5.41) is 11.5. The number of fused-ring (bicyclic) bond motifs is 1. The number of halogens is 1. The molecule has 11 heteroatoms. The number of methoxy groups -OCH3 is 1. The number of carbonyl (C=O) groups excluding carboxylic acids is 1. The van der Waals surface area contributed by atoms with Gasteiger partial charge >= 0.3 is 0 Å². The summed E-state index contributed by atoms with van der Waals surface area (Å²) in [4.78, 5) is 14.1. The molecule has 2 aromatic carbocycles. The number of aromatic nitrogens is 3. The largest absolute Gasteiger partial charge is 0.488 e. The Morgan fingerprint density at radius 1 is 1.16 bits per heavy atom. The van der Waals surface area contributed by atoms with E-state index < -0.39 is 43.8 Å². The van der Waals surface area contributed by atoms with Crippen molar-refractivity contribution in [2.45, 2.75) is 6.04 Å². The van der Waals surface area contributed by atoms with Crippen LogP contribution >= 0.6 is 0 Å². The maximum absolute atomic E-state index is 14.7. The second-order valence-corrected chi connectivity index (χ2v) is 8.54. The second kappa shape index (κ2) is 10.5. The van der Waals surface area contributed by atoms with Crippen LogP contribution in [0.1, 0.15) is 21.3 Å². The highest BCUT2D eigenvalue weighted by molar-refractivity contribution is 5.95. The standard InChI is InChI=1S/C27H28FN5O5/c1-35-10-11-37-24-14-23-20(12-21(24)28)26(30-29-23)25-13-22(31-38-25)17-2-4-18(5-3-17)27(34)33-8-6-32(7-9-33)19-15-36-16-19/h2-5,12-14,19H,6-11,15-16H2,1H3,(H,29,30)/i6D2,7D2,8D2,9D2. The maximum atomic E-state index is 14.7. The molecular formula is C27H28FN5O5. The Morgan fingerprint density at radius 2 is 1.95 bits per heavy atom. The number of nitrogens with zero attached hydrogens (tertiary/aromatic N) is 4. The summed E-state index contributed by atoms with van der Waals surface area (Å²) < 4.78 is 104. The summed E-state index contributed by atoms with van der Waals surface area (Å²) in [5.41, 5.74) is 1.30. The smallest absolute Gasteiger partial charge is 0.253 e. The molecule has 2 aromatic heterocycles. The van der Waals surface area contributed by atoms with E-state index in [0.717, 1.165) is 0 Å². The predicted octanol–water partition coefficient (Wildman–Crippen LogP) is 3.21. The predicted molar refractivity (Wildman–Crippen MR) is 136 cm³/mol. The highest BCUT2D eigenvalue weighted by Gasteiger charge is 2.30. The lowest BCUT2D eigenvalue weighted by Crippen LogP contribution is -2.57. The molecule has 4 aromatic rings. The number of H-pyrrole nitrogens is 1. The molecule has 0 aliphatic carbocycles. The van der Waals surface area contributed by atoms with E-state index in [4.69, 9.17) is 29.7 Å². The van der Waals surface area contributed by atoms with E-state index in [1.165, 1.54) is 49.6 Å². The number of ether oxygens (including phenoxy) is 3. The number of nitrogens with one attached hydrogen (secondary N) is 1. The highest BCUT2D eigenvalue weighted by Crippen LogP contribution is 2.33. The molecule has 2 aliphatic heterocycles. The number of benzene rings is 2. The van der Waals surface area contributed by atoms with Gasteiger partial charge in [-0.15, -0.1) is 0 Å². The average molecular weight is 530 g/mol. The van der Waals surface area contributed by atoms with Crippen LogP contribution in [0.3, 0.4) is 0 Å². The fourth-order valence-electron chi connectivity index (χ4n) is 3.91.